The first-order valence-corrected chi connectivity index (χ1v) is 10.3. The lowest BCUT2D eigenvalue weighted by molar-refractivity contribution is 0.0527. The van der Waals surface area contributed by atoms with E-state index in [4.69, 9.17) is 4.74 Å². The van der Waals surface area contributed by atoms with Crippen molar-refractivity contribution in [3.8, 4) is 5.75 Å². The van der Waals surface area contributed by atoms with Gasteiger partial charge >= 0.3 is 5.97 Å². The van der Waals surface area contributed by atoms with Crippen LogP contribution in [0.15, 0.2) is 12.1 Å². The number of fused-ring (bicyclic) bond motifs is 1. The quantitative estimate of drug-likeness (QED) is 0.721. The summed E-state index contributed by atoms with van der Waals surface area (Å²) in [5, 5.41) is 11.5. The lowest BCUT2D eigenvalue weighted by Gasteiger charge is -2.27. The molecule has 0 aliphatic carbocycles. The summed E-state index contributed by atoms with van der Waals surface area (Å²) in [6, 6.07) is 3.72. The Bertz CT molecular complexity index is 804. The normalized spacial score (nSPS) is 15.4. The molecule has 0 atom stereocenters. The maximum Gasteiger partial charge on any atom is 0.340 e. The van der Waals surface area contributed by atoms with Crippen LogP contribution in [0.2, 0.25) is 0 Å². The molecule has 1 aliphatic heterocycles. The molecular weight excluding hydrogens is 340 g/mol. The van der Waals surface area contributed by atoms with E-state index in [-0.39, 0.29) is 11.7 Å². The van der Waals surface area contributed by atoms with Gasteiger partial charge in [-0.25, -0.2) is 4.79 Å². The number of phenolic OH excluding ortho intramolecular Hbond substituents is 1. The lowest BCUT2D eigenvalue weighted by Crippen LogP contribution is -2.29. The van der Waals surface area contributed by atoms with E-state index in [0.717, 1.165) is 54.6 Å². The minimum atomic E-state index is -0.291. The Morgan fingerprint density at radius 1 is 1.19 bits per heavy atom. The average Bonchev–Trinajstić information content (AvgIpc) is 2.95. The maximum absolute atomic E-state index is 12.8. The lowest BCUT2D eigenvalue weighted by atomic mass is 10.0. The predicted octanol–water partition coefficient (Wildman–Crippen LogP) is 4.62. The highest BCUT2D eigenvalue weighted by Gasteiger charge is 2.26. The number of aryl methyl sites for hydroxylation is 1. The van der Waals surface area contributed by atoms with Gasteiger partial charge < -0.3 is 14.4 Å². The Morgan fingerprint density at radius 2 is 1.93 bits per heavy atom. The number of hydrogen-bond donors (Lipinski definition) is 1. The van der Waals surface area contributed by atoms with Crippen LogP contribution < -0.4 is 0 Å². The van der Waals surface area contributed by atoms with E-state index >= 15 is 0 Å². The molecule has 5 heteroatoms. The number of phenols is 1. The zero-order valence-electron chi connectivity index (χ0n) is 16.9. The number of nitrogens with zero attached hydrogens (tertiary/aromatic N) is 2. The SMILES string of the molecule is CCCCn1c(C)c(C(=O)OCC)c2c(CN3CCCCC3)c(O)ccc21. The Balaban J connectivity index is 2.15. The van der Waals surface area contributed by atoms with Gasteiger partial charge in [-0.05, 0) is 58.3 Å². The molecule has 1 aliphatic rings. The molecule has 0 radical (unpaired) electrons. The molecule has 5 nitrogen and oxygen atoms in total. The van der Waals surface area contributed by atoms with Gasteiger partial charge in [0, 0.05) is 35.2 Å². The van der Waals surface area contributed by atoms with Gasteiger partial charge in [-0.3, -0.25) is 4.90 Å². The molecule has 1 saturated heterocycles. The molecule has 27 heavy (non-hydrogen) atoms. The number of unbranched alkanes of at least 4 members (excludes halogenated alkanes) is 1. The molecule has 0 saturated carbocycles. The molecule has 0 spiro atoms. The predicted molar refractivity (Wildman–Crippen MR) is 108 cm³/mol. The maximum atomic E-state index is 12.8. The standard InChI is InChI=1S/C22H32N2O3/c1-4-6-14-24-16(3)20(22(26)27-5-2)21-17(19(25)11-10-18(21)24)15-23-12-8-7-9-13-23/h10-11,25H,4-9,12-15H2,1-3H3. The number of rotatable bonds is 7. The molecule has 1 N–H and O–H groups in total. The Kier molecular flexibility index (Phi) is 6.42. The molecule has 0 amide bonds. The third-order valence-electron chi connectivity index (χ3n) is 5.62. The third-order valence-corrected chi connectivity index (χ3v) is 5.62. The van der Waals surface area contributed by atoms with Crippen LogP contribution in [-0.2, 0) is 17.8 Å². The summed E-state index contributed by atoms with van der Waals surface area (Å²) >= 11 is 0. The van der Waals surface area contributed by atoms with Gasteiger partial charge in [0.15, 0.2) is 0 Å². The molecule has 2 heterocycles. The number of piperidine rings is 1. The van der Waals surface area contributed by atoms with Crippen LogP contribution in [0, 0.1) is 6.92 Å². The zero-order chi connectivity index (χ0) is 19.4. The molecular formula is C22H32N2O3. The van der Waals surface area contributed by atoms with Crippen LogP contribution in [0.25, 0.3) is 10.9 Å². The van der Waals surface area contributed by atoms with Crippen LogP contribution in [0.1, 0.15) is 67.6 Å². The van der Waals surface area contributed by atoms with Crippen molar-refractivity contribution in [3.05, 3.63) is 29.0 Å². The summed E-state index contributed by atoms with van der Waals surface area (Å²) in [4.78, 5) is 15.2. The second-order valence-corrected chi connectivity index (χ2v) is 7.48. The summed E-state index contributed by atoms with van der Waals surface area (Å²) in [6.45, 7) is 9.96. The molecule has 3 rings (SSSR count). The van der Waals surface area contributed by atoms with Crippen molar-refractivity contribution in [2.24, 2.45) is 0 Å². The Morgan fingerprint density at radius 3 is 2.59 bits per heavy atom. The molecule has 1 fully saturated rings. The van der Waals surface area contributed by atoms with Gasteiger partial charge in [-0.15, -0.1) is 0 Å². The van der Waals surface area contributed by atoms with Crippen molar-refractivity contribution in [2.45, 2.75) is 66.0 Å². The van der Waals surface area contributed by atoms with Gasteiger partial charge in [0.2, 0.25) is 0 Å². The average molecular weight is 373 g/mol. The summed E-state index contributed by atoms with van der Waals surface area (Å²) in [6.07, 6.45) is 5.80. The smallest absolute Gasteiger partial charge is 0.340 e. The van der Waals surface area contributed by atoms with Crippen molar-refractivity contribution in [1.29, 1.82) is 0 Å². The Hall–Kier alpha value is -2.01. The van der Waals surface area contributed by atoms with E-state index in [1.54, 1.807) is 6.07 Å². The van der Waals surface area contributed by atoms with E-state index in [0.29, 0.717) is 18.7 Å². The zero-order valence-corrected chi connectivity index (χ0v) is 16.9. The third kappa shape index (κ3) is 3.98. The highest BCUT2D eigenvalue weighted by atomic mass is 16.5. The fourth-order valence-corrected chi connectivity index (χ4v) is 4.18. The van der Waals surface area contributed by atoms with Crippen molar-refractivity contribution >= 4 is 16.9 Å². The number of carbonyl (C=O) groups excluding carboxylic acids is 1. The first kappa shape index (κ1) is 19.7. The monoisotopic (exact) mass is 372 g/mol. The molecule has 148 valence electrons. The molecule has 1 aromatic carbocycles. The number of benzene rings is 1. The van der Waals surface area contributed by atoms with Crippen LogP contribution in [-0.4, -0.2) is 40.2 Å². The number of aromatic nitrogens is 1. The van der Waals surface area contributed by atoms with Gasteiger partial charge in [0.05, 0.1) is 12.2 Å². The van der Waals surface area contributed by atoms with Crippen molar-refractivity contribution in [3.63, 3.8) is 0 Å². The van der Waals surface area contributed by atoms with E-state index in [2.05, 4.69) is 16.4 Å². The van der Waals surface area contributed by atoms with E-state index in [1.165, 1.54) is 19.3 Å². The first-order valence-electron chi connectivity index (χ1n) is 10.3. The van der Waals surface area contributed by atoms with Crippen LogP contribution in [0.5, 0.6) is 5.75 Å². The van der Waals surface area contributed by atoms with Crippen molar-refractivity contribution < 1.29 is 14.6 Å². The largest absolute Gasteiger partial charge is 0.508 e. The number of ether oxygens (including phenoxy) is 1. The van der Waals surface area contributed by atoms with Crippen LogP contribution in [0.3, 0.4) is 0 Å². The number of aromatic hydroxyl groups is 1. The van der Waals surface area contributed by atoms with E-state index < -0.39 is 0 Å². The summed E-state index contributed by atoms with van der Waals surface area (Å²) < 4.78 is 7.58. The molecule has 0 bridgehead atoms. The Labute approximate surface area is 161 Å². The number of likely N-dealkylation sites (tertiary alicyclic amines) is 1. The minimum Gasteiger partial charge on any atom is -0.508 e. The topological polar surface area (TPSA) is 54.7 Å². The van der Waals surface area contributed by atoms with Gasteiger partial charge in [-0.2, -0.15) is 0 Å². The summed E-state index contributed by atoms with van der Waals surface area (Å²) in [5.74, 6) is -0.0213. The van der Waals surface area contributed by atoms with Crippen LogP contribution in [0.4, 0.5) is 0 Å². The van der Waals surface area contributed by atoms with Gasteiger partial charge in [0.1, 0.15) is 5.75 Å². The van der Waals surface area contributed by atoms with E-state index in [9.17, 15) is 9.90 Å². The van der Waals surface area contributed by atoms with Crippen LogP contribution >= 0.6 is 0 Å². The fourth-order valence-electron chi connectivity index (χ4n) is 4.18. The number of hydrogen-bond acceptors (Lipinski definition) is 4. The highest BCUT2D eigenvalue weighted by Crippen LogP contribution is 2.36. The second-order valence-electron chi connectivity index (χ2n) is 7.48. The van der Waals surface area contributed by atoms with Gasteiger partial charge in [0.25, 0.3) is 0 Å². The number of carbonyl (C=O) groups is 1. The van der Waals surface area contributed by atoms with E-state index in [1.807, 2.05) is 19.9 Å². The minimum absolute atomic E-state index is 0.270. The molecule has 1 aromatic heterocycles. The fraction of sp³-hybridized carbons (Fsp3) is 0.591. The van der Waals surface area contributed by atoms with Gasteiger partial charge in [-0.1, -0.05) is 19.8 Å². The highest BCUT2D eigenvalue weighted by molar-refractivity contribution is 6.08. The first-order chi connectivity index (χ1) is 13.1. The summed E-state index contributed by atoms with van der Waals surface area (Å²) in [7, 11) is 0. The molecule has 0 unspecified atom stereocenters. The number of esters is 1. The summed E-state index contributed by atoms with van der Waals surface area (Å²) in [5.41, 5.74) is 3.43. The molecule has 2 aromatic rings. The van der Waals surface area contributed by atoms with Crippen molar-refractivity contribution in [1.82, 2.24) is 9.47 Å². The van der Waals surface area contributed by atoms with Crippen molar-refractivity contribution in [2.75, 3.05) is 19.7 Å². The second kappa shape index (κ2) is 8.79.